The number of amides is 1. The van der Waals surface area contributed by atoms with Crippen LogP contribution in [-0.4, -0.2) is 57.3 Å². The summed E-state index contributed by atoms with van der Waals surface area (Å²) in [5.41, 5.74) is 3.31. The van der Waals surface area contributed by atoms with E-state index in [1.807, 2.05) is 58.0 Å². The smallest absolute Gasteiger partial charge is 0.326 e. The number of nitrogens with zero attached hydrogens (tertiary/aromatic N) is 3. The highest BCUT2D eigenvalue weighted by Gasteiger charge is 2.30. The Hall–Kier alpha value is -3.78. The fourth-order valence-electron chi connectivity index (χ4n) is 5.99. The van der Waals surface area contributed by atoms with Gasteiger partial charge in [0.05, 0.1) is 22.7 Å². The molecule has 2 saturated heterocycles. The maximum atomic E-state index is 14.0. The molecule has 0 spiro atoms. The van der Waals surface area contributed by atoms with Crippen LogP contribution in [0.4, 0.5) is 0 Å². The predicted molar refractivity (Wildman–Crippen MR) is 148 cm³/mol. The number of aromatic amines is 1. The standard InChI is InChI=1S/C30H34N4O4/c1-2-17-38-28-12-7-11-25-23(28)19-27(33(25)20-22-8-5-6-18-37-22)29(35)32-15-13-21(14-16-32)34-26-10-4-3-9-24(26)31-30(34)36/h2-4,7,9-12,19,21-22H,1,5-6,8,13-18,20H2,(H,31,36). The molecule has 0 aliphatic carbocycles. The second-order valence-electron chi connectivity index (χ2n) is 10.3. The van der Waals surface area contributed by atoms with Crippen LogP contribution in [0.2, 0.25) is 0 Å². The van der Waals surface area contributed by atoms with Crippen LogP contribution >= 0.6 is 0 Å². The van der Waals surface area contributed by atoms with Crippen molar-refractivity contribution >= 4 is 27.8 Å². The summed E-state index contributed by atoms with van der Waals surface area (Å²) in [6.07, 6.45) is 6.49. The lowest BCUT2D eigenvalue weighted by Gasteiger charge is -2.33. The molecule has 8 nitrogen and oxygen atoms in total. The Kier molecular flexibility index (Phi) is 6.81. The topological polar surface area (TPSA) is 81.5 Å². The van der Waals surface area contributed by atoms with Gasteiger partial charge in [-0.3, -0.25) is 9.36 Å². The number of aromatic nitrogens is 3. The maximum Gasteiger partial charge on any atom is 0.326 e. The Morgan fingerprint density at radius 2 is 1.89 bits per heavy atom. The van der Waals surface area contributed by atoms with Crippen molar-refractivity contribution in [2.45, 2.75) is 50.8 Å². The van der Waals surface area contributed by atoms with E-state index in [1.165, 1.54) is 0 Å². The minimum Gasteiger partial charge on any atom is -0.489 e. The van der Waals surface area contributed by atoms with E-state index in [1.54, 1.807) is 6.08 Å². The number of carbonyl (C=O) groups is 1. The van der Waals surface area contributed by atoms with Gasteiger partial charge in [0, 0.05) is 37.7 Å². The summed E-state index contributed by atoms with van der Waals surface area (Å²) in [4.78, 5) is 31.6. The van der Waals surface area contributed by atoms with Gasteiger partial charge in [-0.25, -0.2) is 4.79 Å². The monoisotopic (exact) mass is 514 g/mol. The number of benzene rings is 2. The minimum atomic E-state index is -0.0874. The van der Waals surface area contributed by atoms with Gasteiger partial charge < -0.3 is 23.9 Å². The Balaban J connectivity index is 1.28. The molecule has 1 atom stereocenters. The van der Waals surface area contributed by atoms with Gasteiger partial charge in [-0.05, 0) is 62.4 Å². The number of rotatable bonds is 7. The number of carbonyl (C=O) groups excluding carboxylic acids is 1. The first-order valence-electron chi connectivity index (χ1n) is 13.6. The van der Waals surface area contributed by atoms with Crippen LogP contribution in [0.25, 0.3) is 21.9 Å². The van der Waals surface area contributed by atoms with E-state index in [2.05, 4.69) is 16.1 Å². The molecular formula is C30H34N4O4. The van der Waals surface area contributed by atoms with E-state index in [0.717, 1.165) is 66.4 Å². The molecule has 2 aromatic heterocycles. The van der Waals surface area contributed by atoms with Crippen molar-refractivity contribution in [3.05, 3.63) is 77.4 Å². The first-order valence-corrected chi connectivity index (χ1v) is 13.6. The second kappa shape index (κ2) is 10.5. The number of hydrogen-bond acceptors (Lipinski definition) is 4. The Labute approximate surface area is 221 Å². The van der Waals surface area contributed by atoms with Gasteiger partial charge in [0.1, 0.15) is 18.1 Å². The van der Waals surface area contributed by atoms with E-state index in [4.69, 9.17) is 9.47 Å². The van der Waals surface area contributed by atoms with E-state index < -0.39 is 0 Å². The van der Waals surface area contributed by atoms with E-state index in [-0.39, 0.29) is 23.7 Å². The third kappa shape index (κ3) is 4.53. The average Bonchev–Trinajstić information content (AvgIpc) is 3.49. The van der Waals surface area contributed by atoms with Crippen LogP contribution in [0.1, 0.15) is 48.6 Å². The molecule has 2 aliphatic rings. The van der Waals surface area contributed by atoms with Gasteiger partial charge in [-0.1, -0.05) is 30.9 Å². The van der Waals surface area contributed by atoms with Crippen LogP contribution in [0.15, 0.2) is 66.0 Å². The Morgan fingerprint density at radius 3 is 2.68 bits per heavy atom. The van der Waals surface area contributed by atoms with E-state index in [0.29, 0.717) is 31.9 Å². The van der Waals surface area contributed by atoms with Crippen molar-refractivity contribution in [2.75, 3.05) is 26.3 Å². The van der Waals surface area contributed by atoms with Crippen molar-refractivity contribution in [3.8, 4) is 5.75 Å². The molecule has 1 N–H and O–H groups in total. The number of fused-ring (bicyclic) bond motifs is 2. The number of H-pyrrole nitrogens is 1. The highest BCUT2D eigenvalue weighted by atomic mass is 16.5. The number of para-hydroxylation sites is 2. The summed E-state index contributed by atoms with van der Waals surface area (Å²) in [5.74, 6) is 0.758. The third-order valence-electron chi connectivity index (χ3n) is 7.88. The summed E-state index contributed by atoms with van der Waals surface area (Å²) < 4.78 is 16.0. The second-order valence-corrected chi connectivity index (χ2v) is 10.3. The van der Waals surface area contributed by atoms with Crippen molar-refractivity contribution in [1.82, 2.24) is 19.0 Å². The average molecular weight is 515 g/mol. The lowest BCUT2D eigenvalue weighted by atomic mass is 10.0. The third-order valence-corrected chi connectivity index (χ3v) is 7.88. The number of nitrogens with one attached hydrogen (secondary N) is 1. The van der Waals surface area contributed by atoms with Crippen LogP contribution < -0.4 is 10.4 Å². The van der Waals surface area contributed by atoms with Gasteiger partial charge in [0.15, 0.2) is 0 Å². The molecule has 4 heterocycles. The van der Waals surface area contributed by atoms with Crippen LogP contribution in [0.5, 0.6) is 5.75 Å². The van der Waals surface area contributed by atoms with Gasteiger partial charge in [0.2, 0.25) is 0 Å². The molecule has 0 saturated carbocycles. The summed E-state index contributed by atoms with van der Waals surface area (Å²) in [6.45, 7) is 6.75. The zero-order chi connectivity index (χ0) is 26.1. The van der Waals surface area contributed by atoms with Crippen LogP contribution in [0, 0.1) is 0 Å². The first kappa shape index (κ1) is 24.6. The van der Waals surface area contributed by atoms with Gasteiger partial charge in [0.25, 0.3) is 5.91 Å². The number of ether oxygens (including phenoxy) is 2. The number of piperidine rings is 1. The molecule has 8 heteroatoms. The number of imidazole rings is 1. The molecule has 198 valence electrons. The summed E-state index contributed by atoms with van der Waals surface area (Å²) in [6, 6.07) is 15.8. The summed E-state index contributed by atoms with van der Waals surface area (Å²) in [5, 5.41) is 0.925. The highest BCUT2D eigenvalue weighted by molar-refractivity contribution is 6.00. The SMILES string of the molecule is C=CCOc1cccc2c1cc(C(=O)N1CCC(n3c(=O)[nH]c4ccccc43)CC1)n2CC1CCCCO1. The fraction of sp³-hybridized carbons (Fsp3) is 0.400. The zero-order valence-electron chi connectivity index (χ0n) is 21.6. The van der Waals surface area contributed by atoms with Crippen molar-refractivity contribution in [3.63, 3.8) is 0 Å². The summed E-state index contributed by atoms with van der Waals surface area (Å²) in [7, 11) is 0. The normalized spacial score (nSPS) is 18.7. The molecule has 2 fully saturated rings. The molecule has 38 heavy (non-hydrogen) atoms. The Bertz CT molecular complexity index is 1520. The van der Waals surface area contributed by atoms with Crippen molar-refractivity contribution in [2.24, 2.45) is 0 Å². The van der Waals surface area contributed by atoms with Gasteiger partial charge in [-0.2, -0.15) is 0 Å². The molecule has 2 aliphatic heterocycles. The lowest BCUT2D eigenvalue weighted by Crippen LogP contribution is -2.41. The molecule has 1 unspecified atom stereocenters. The van der Waals surface area contributed by atoms with Crippen LogP contribution in [-0.2, 0) is 11.3 Å². The minimum absolute atomic E-state index is 0.0106. The lowest BCUT2D eigenvalue weighted by molar-refractivity contribution is 0.00615. The molecule has 2 aromatic carbocycles. The van der Waals surface area contributed by atoms with E-state index >= 15 is 0 Å². The fourth-order valence-corrected chi connectivity index (χ4v) is 5.99. The molecule has 0 radical (unpaired) electrons. The maximum absolute atomic E-state index is 14.0. The quantitative estimate of drug-likeness (QED) is 0.356. The summed E-state index contributed by atoms with van der Waals surface area (Å²) >= 11 is 0. The molecule has 0 bridgehead atoms. The molecule has 1 amide bonds. The molecule has 4 aromatic rings. The molecule has 6 rings (SSSR count). The van der Waals surface area contributed by atoms with Crippen molar-refractivity contribution in [1.29, 1.82) is 0 Å². The Morgan fingerprint density at radius 1 is 1.08 bits per heavy atom. The van der Waals surface area contributed by atoms with E-state index in [9.17, 15) is 9.59 Å². The largest absolute Gasteiger partial charge is 0.489 e. The predicted octanol–water partition coefficient (Wildman–Crippen LogP) is 4.90. The number of hydrogen-bond donors (Lipinski definition) is 1. The van der Waals surface area contributed by atoms with Crippen LogP contribution in [0.3, 0.4) is 0 Å². The zero-order valence-corrected chi connectivity index (χ0v) is 21.6. The first-order chi connectivity index (χ1) is 18.6. The van der Waals surface area contributed by atoms with Crippen molar-refractivity contribution < 1.29 is 14.3 Å². The van der Waals surface area contributed by atoms with Gasteiger partial charge >= 0.3 is 5.69 Å². The van der Waals surface area contributed by atoms with Gasteiger partial charge in [-0.15, -0.1) is 0 Å². The highest BCUT2D eigenvalue weighted by Crippen LogP contribution is 2.32. The molecular weight excluding hydrogens is 480 g/mol. The number of likely N-dealkylation sites (tertiary alicyclic amines) is 1.